The third kappa shape index (κ3) is 2.76. The maximum Gasteiger partial charge on any atom is 0.255 e. The lowest BCUT2D eigenvalue weighted by Crippen LogP contribution is -2.48. The van der Waals surface area contributed by atoms with Gasteiger partial charge in [-0.05, 0) is 68.4 Å². The molecule has 1 N–H and O–H groups in total. The first-order valence-electron chi connectivity index (χ1n) is 8.62. The first-order valence-corrected chi connectivity index (χ1v) is 8.62. The van der Waals surface area contributed by atoms with E-state index in [4.69, 9.17) is 0 Å². The van der Waals surface area contributed by atoms with Crippen molar-refractivity contribution in [1.82, 2.24) is 10.2 Å². The number of carbonyl (C=O) groups is 1. The summed E-state index contributed by atoms with van der Waals surface area (Å²) >= 11 is 0. The second kappa shape index (κ2) is 6.12. The minimum absolute atomic E-state index is 0.139. The quantitative estimate of drug-likeness (QED) is 0.927. The van der Waals surface area contributed by atoms with Crippen molar-refractivity contribution < 1.29 is 9.18 Å². The van der Waals surface area contributed by atoms with Crippen LogP contribution in [0.4, 0.5) is 4.39 Å². The number of amides is 1. The average Bonchev–Trinajstić information content (AvgIpc) is 3.02. The zero-order valence-electron chi connectivity index (χ0n) is 14.5. The van der Waals surface area contributed by atoms with E-state index in [1.54, 1.807) is 0 Å². The van der Waals surface area contributed by atoms with Crippen molar-refractivity contribution in [2.45, 2.75) is 25.3 Å². The van der Waals surface area contributed by atoms with Crippen LogP contribution in [0.1, 0.15) is 28.8 Å². The number of hydrogen-bond acceptors (Lipinski definition) is 2. The molecule has 25 heavy (non-hydrogen) atoms. The Morgan fingerprint density at radius 3 is 2.60 bits per heavy atom. The van der Waals surface area contributed by atoms with Gasteiger partial charge >= 0.3 is 0 Å². The van der Waals surface area contributed by atoms with Gasteiger partial charge in [0.2, 0.25) is 0 Å². The summed E-state index contributed by atoms with van der Waals surface area (Å²) in [5.74, 6) is -0.533. The lowest BCUT2D eigenvalue weighted by Gasteiger charge is -2.30. The van der Waals surface area contributed by atoms with Gasteiger partial charge < -0.3 is 10.2 Å². The van der Waals surface area contributed by atoms with Gasteiger partial charge in [-0.2, -0.15) is 0 Å². The minimum Gasteiger partial charge on any atom is -0.324 e. The average molecular weight is 336 g/mol. The Morgan fingerprint density at radius 2 is 1.88 bits per heavy atom. The van der Waals surface area contributed by atoms with Crippen molar-refractivity contribution in [3.05, 3.63) is 69.8 Å². The molecule has 0 saturated heterocycles. The molecule has 0 radical (unpaired) electrons. The van der Waals surface area contributed by atoms with Crippen molar-refractivity contribution in [3.63, 3.8) is 0 Å². The molecule has 1 atom stereocenters. The molecule has 1 unspecified atom stereocenters. The summed E-state index contributed by atoms with van der Waals surface area (Å²) in [7, 11) is 4.08. The summed E-state index contributed by atoms with van der Waals surface area (Å²) in [4.78, 5) is 14.9. The first-order chi connectivity index (χ1) is 12.0. The highest BCUT2D eigenvalue weighted by Crippen LogP contribution is 2.25. The largest absolute Gasteiger partial charge is 0.324 e. The van der Waals surface area contributed by atoms with E-state index in [-0.39, 0.29) is 17.8 Å². The van der Waals surface area contributed by atoms with E-state index in [9.17, 15) is 9.18 Å². The topological polar surface area (TPSA) is 32.3 Å². The Morgan fingerprint density at radius 1 is 1.12 bits per heavy atom. The molecule has 0 spiro atoms. The minimum atomic E-state index is -0.340. The van der Waals surface area contributed by atoms with Gasteiger partial charge in [0, 0.05) is 16.5 Å². The maximum atomic E-state index is 13.1. The van der Waals surface area contributed by atoms with Crippen LogP contribution in [0.2, 0.25) is 0 Å². The van der Waals surface area contributed by atoms with Crippen molar-refractivity contribution in [1.29, 1.82) is 0 Å². The van der Waals surface area contributed by atoms with E-state index in [2.05, 4.69) is 28.4 Å². The Kier molecular flexibility index (Phi) is 3.92. The molecule has 2 aromatic rings. The summed E-state index contributed by atoms with van der Waals surface area (Å²) in [6.45, 7) is 0. The fourth-order valence-corrected chi connectivity index (χ4v) is 3.97. The van der Waals surface area contributed by atoms with Crippen LogP contribution in [0, 0.1) is 5.82 Å². The lowest BCUT2D eigenvalue weighted by atomic mass is 9.93. The van der Waals surface area contributed by atoms with Crippen LogP contribution >= 0.6 is 0 Å². The summed E-state index contributed by atoms with van der Waals surface area (Å²) < 4.78 is 13.1. The lowest BCUT2D eigenvalue weighted by molar-refractivity contribution is 0.0969. The third-order valence-electron chi connectivity index (χ3n) is 5.24. The predicted octanol–water partition coefficient (Wildman–Crippen LogP) is 1.79. The molecule has 128 valence electrons. The van der Waals surface area contributed by atoms with Crippen LogP contribution < -0.4 is 15.8 Å². The standard InChI is InChI=1S/C21H21FN2O/c1-24(2)18-12-15-7-6-13-4-3-5-17(19(13)15)20(18)23-21(25)14-8-10-16(22)11-9-14/h3-5,8-11,18H,6-7,12H2,1-2H3,(H,23,25). The van der Waals surface area contributed by atoms with E-state index >= 15 is 0 Å². The number of aryl methyl sites for hydroxylation is 1. The van der Waals surface area contributed by atoms with Gasteiger partial charge in [0.1, 0.15) is 5.82 Å². The fraction of sp³-hybridized carbons (Fsp3) is 0.286. The van der Waals surface area contributed by atoms with Gasteiger partial charge in [-0.15, -0.1) is 0 Å². The smallest absolute Gasteiger partial charge is 0.255 e. The summed E-state index contributed by atoms with van der Waals surface area (Å²) in [5, 5.41) is 5.58. The SMILES string of the molecule is CN(C)C1CC2=c3c(cccc3=C1NC(=O)c1ccc(F)cc1)CC2. The highest BCUT2D eigenvalue weighted by Gasteiger charge is 2.28. The monoisotopic (exact) mass is 336 g/mol. The predicted molar refractivity (Wildman–Crippen MR) is 96.8 cm³/mol. The zero-order chi connectivity index (χ0) is 17.6. The summed E-state index contributed by atoms with van der Waals surface area (Å²) in [6.07, 6.45) is 3.13. The van der Waals surface area contributed by atoms with Gasteiger partial charge in [0.15, 0.2) is 0 Å². The van der Waals surface area contributed by atoms with E-state index in [0.29, 0.717) is 5.56 Å². The van der Waals surface area contributed by atoms with Crippen molar-refractivity contribution in [2.75, 3.05) is 14.1 Å². The molecule has 0 aliphatic heterocycles. The van der Waals surface area contributed by atoms with Crippen LogP contribution in [-0.4, -0.2) is 30.9 Å². The zero-order valence-corrected chi connectivity index (χ0v) is 14.5. The van der Waals surface area contributed by atoms with Crippen LogP contribution in [0.15, 0.2) is 42.5 Å². The van der Waals surface area contributed by atoms with Crippen LogP contribution in [0.25, 0.3) is 11.3 Å². The van der Waals surface area contributed by atoms with Crippen molar-refractivity contribution >= 4 is 17.2 Å². The summed E-state index contributed by atoms with van der Waals surface area (Å²) in [6, 6.07) is 12.2. The number of halogens is 1. The highest BCUT2D eigenvalue weighted by atomic mass is 19.1. The molecule has 4 heteroatoms. The fourth-order valence-electron chi connectivity index (χ4n) is 3.97. The normalized spacial score (nSPS) is 18.5. The molecule has 2 aliphatic rings. The number of benzene rings is 2. The number of nitrogens with zero attached hydrogens (tertiary/aromatic N) is 1. The highest BCUT2D eigenvalue weighted by molar-refractivity contribution is 5.98. The Hall–Kier alpha value is -2.46. The molecule has 2 aromatic carbocycles. The molecule has 0 fully saturated rings. The molecule has 0 heterocycles. The van der Waals surface area contributed by atoms with Crippen LogP contribution in [0.5, 0.6) is 0 Å². The second-order valence-corrected chi connectivity index (χ2v) is 7.00. The number of likely N-dealkylation sites (N-methyl/N-ethyl adjacent to an activating group) is 1. The van der Waals surface area contributed by atoms with Gasteiger partial charge in [-0.1, -0.05) is 23.8 Å². The molecule has 2 aliphatic carbocycles. The number of hydrogen-bond donors (Lipinski definition) is 1. The first kappa shape index (κ1) is 16.0. The van der Waals surface area contributed by atoms with Gasteiger partial charge in [-0.3, -0.25) is 4.79 Å². The number of nitrogens with one attached hydrogen (secondary N) is 1. The van der Waals surface area contributed by atoms with Crippen molar-refractivity contribution in [2.24, 2.45) is 0 Å². The van der Waals surface area contributed by atoms with Gasteiger partial charge in [-0.25, -0.2) is 4.39 Å². The summed E-state index contributed by atoms with van der Waals surface area (Å²) in [5.41, 5.74) is 4.28. The van der Waals surface area contributed by atoms with Gasteiger partial charge in [0.25, 0.3) is 5.91 Å². The van der Waals surface area contributed by atoms with E-state index in [1.807, 2.05) is 14.1 Å². The van der Waals surface area contributed by atoms with E-state index in [1.165, 1.54) is 40.6 Å². The molecular weight excluding hydrogens is 315 g/mol. The molecule has 0 aromatic heterocycles. The number of carbonyl (C=O) groups excluding carboxylic acids is 1. The Labute approximate surface area is 146 Å². The number of rotatable bonds is 3. The molecule has 0 bridgehead atoms. The molecule has 4 rings (SSSR count). The molecule has 3 nitrogen and oxygen atoms in total. The molecule has 1 amide bonds. The second-order valence-electron chi connectivity index (χ2n) is 7.00. The van der Waals surface area contributed by atoms with E-state index < -0.39 is 0 Å². The third-order valence-corrected chi connectivity index (χ3v) is 5.24. The molecule has 0 saturated carbocycles. The van der Waals surface area contributed by atoms with Gasteiger partial charge in [0.05, 0.1) is 6.04 Å². The van der Waals surface area contributed by atoms with Crippen molar-refractivity contribution in [3.8, 4) is 0 Å². The Bertz CT molecular complexity index is 960. The van der Waals surface area contributed by atoms with E-state index in [0.717, 1.165) is 30.2 Å². The van der Waals surface area contributed by atoms with Crippen LogP contribution in [0.3, 0.4) is 0 Å². The maximum absolute atomic E-state index is 13.1. The molecular formula is C21H21FN2O. The Balaban J connectivity index is 1.82. The van der Waals surface area contributed by atoms with Crippen LogP contribution in [-0.2, 0) is 6.42 Å².